The Balaban J connectivity index is 2.11. The summed E-state index contributed by atoms with van der Waals surface area (Å²) >= 11 is 18.5. The van der Waals surface area contributed by atoms with Gasteiger partial charge in [0.25, 0.3) is 0 Å². The molecule has 40 heavy (non-hydrogen) atoms. The predicted molar refractivity (Wildman–Crippen MR) is 158 cm³/mol. The molecule has 0 unspecified atom stereocenters. The molecule has 0 fully saturated rings. The van der Waals surface area contributed by atoms with E-state index < -0.39 is 40.2 Å². The maximum absolute atomic E-state index is 14.8. The van der Waals surface area contributed by atoms with Crippen LogP contribution < -0.4 is 9.62 Å². The number of carbonyl (C=O) groups is 2. The van der Waals surface area contributed by atoms with E-state index >= 15 is 0 Å². The van der Waals surface area contributed by atoms with Crippen LogP contribution in [0.25, 0.3) is 0 Å². The molecule has 0 radical (unpaired) electrons. The molecule has 7 nitrogen and oxygen atoms in total. The van der Waals surface area contributed by atoms with E-state index in [1.165, 1.54) is 35.2 Å². The van der Waals surface area contributed by atoms with E-state index in [2.05, 4.69) is 5.32 Å². The molecule has 214 valence electrons. The average molecular weight is 629 g/mol. The smallest absolute Gasteiger partial charge is 0.244 e. The minimum Gasteiger partial charge on any atom is -0.352 e. The van der Waals surface area contributed by atoms with Crippen molar-refractivity contribution in [3.05, 3.63) is 98.7 Å². The molecule has 3 aromatic rings. The van der Waals surface area contributed by atoms with Gasteiger partial charge >= 0.3 is 0 Å². The SMILES string of the molecule is CC(C)NC(=O)[C@@H](Cc1ccccc1)N(Cc1ccccc1F)C(=O)CN(c1cc(Cl)c(Cl)cc1Cl)S(C)(=O)=O. The Labute approximate surface area is 248 Å². The highest BCUT2D eigenvalue weighted by molar-refractivity contribution is 7.92. The summed E-state index contributed by atoms with van der Waals surface area (Å²) < 4.78 is 41.3. The fourth-order valence-electron chi connectivity index (χ4n) is 4.04. The lowest BCUT2D eigenvalue weighted by atomic mass is 10.0. The third kappa shape index (κ3) is 8.33. The first kappa shape index (κ1) is 31.7. The number of halogens is 4. The minimum atomic E-state index is -4.08. The van der Waals surface area contributed by atoms with Gasteiger partial charge in [-0.2, -0.15) is 0 Å². The van der Waals surface area contributed by atoms with Crippen LogP contribution in [0, 0.1) is 5.82 Å². The lowest BCUT2D eigenvalue weighted by Crippen LogP contribution is -2.54. The molecule has 1 atom stereocenters. The van der Waals surface area contributed by atoms with Gasteiger partial charge in [-0.05, 0) is 37.6 Å². The zero-order valence-corrected chi connectivity index (χ0v) is 25.2. The van der Waals surface area contributed by atoms with Gasteiger partial charge in [-0.1, -0.05) is 83.3 Å². The second-order valence-corrected chi connectivity index (χ2v) is 12.6. The molecular formula is C28H29Cl3FN3O4S. The highest BCUT2D eigenvalue weighted by Gasteiger charge is 2.34. The van der Waals surface area contributed by atoms with Crippen LogP contribution in [0.4, 0.5) is 10.1 Å². The van der Waals surface area contributed by atoms with Crippen LogP contribution in [-0.4, -0.2) is 50.0 Å². The molecular weight excluding hydrogens is 600 g/mol. The normalized spacial score (nSPS) is 12.2. The van der Waals surface area contributed by atoms with Crippen molar-refractivity contribution < 1.29 is 22.4 Å². The fraction of sp³-hybridized carbons (Fsp3) is 0.286. The summed E-state index contributed by atoms with van der Waals surface area (Å²) in [5, 5.41) is 2.91. The maximum Gasteiger partial charge on any atom is 0.244 e. The van der Waals surface area contributed by atoms with Crippen molar-refractivity contribution in [2.24, 2.45) is 0 Å². The average Bonchev–Trinajstić information content (AvgIpc) is 2.87. The fourth-order valence-corrected chi connectivity index (χ4v) is 5.59. The number of sulfonamides is 1. The molecule has 0 aliphatic rings. The number of carbonyl (C=O) groups excluding carboxylic acids is 2. The Morgan fingerprint density at radius 2 is 1.52 bits per heavy atom. The lowest BCUT2D eigenvalue weighted by molar-refractivity contribution is -0.140. The third-order valence-electron chi connectivity index (χ3n) is 5.94. The zero-order valence-electron chi connectivity index (χ0n) is 22.1. The summed E-state index contributed by atoms with van der Waals surface area (Å²) in [5.41, 5.74) is 0.846. The van der Waals surface area contributed by atoms with E-state index in [1.807, 2.05) is 6.07 Å². The molecule has 0 saturated carbocycles. The van der Waals surface area contributed by atoms with Crippen molar-refractivity contribution in [3.63, 3.8) is 0 Å². The van der Waals surface area contributed by atoms with Gasteiger partial charge in [0, 0.05) is 24.6 Å². The summed E-state index contributed by atoms with van der Waals surface area (Å²) in [6.45, 7) is 2.53. The number of anilines is 1. The molecule has 12 heteroatoms. The van der Waals surface area contributed by atoms with Crippen molar-refractivity contribution in [2.75, 3.05) is 17.1 Å². The maximum atomic E-state index is 14.8. The molecule has 3 rings (SSSR count). The first-order valence-corrected chi connectivity index (χ1v) is 15.3. The number of rotatable bonds is 11. The van der Waals surface area contributed by atoms with Gasteiger partial charge in [0.1, 0.15) is 18.4 Å². The third-order valence-corrected chi connectivity index (χ3v) is 8.09. The van der Waals surface area contributed by atoms with Crippen LogP contribution in [0.3, 0.4) is 0 Å². The van der Waals surface area contributed by atoms with Crippen molar-refractivity contribution >= 4 is 62.3 Å². The standard InChI is InChI=1S/C28H29Cl3FN3O4S/c1-18(2)33-28(37)26(13-19-9-5-4-6-10-19)34(16-20-11-7-8-12-24(20)32)27(36)17-35(40(3,38)39)25-15-22(30)21(29)14-23(25)31/h4-12,14-15,18,26H,13,16-17H2,1-3H3,(H,33,37)/t26-/m1/s1. The number of nitrogens with zero attached hydrogens (tertiary/aromatic N) is 2. The van der Waals surface area contributed by atoms with Gasteiger partial charge in [0.05, 0.1) is 27.0 Å². The van der Waals surface area contributed by atoms with Crippen LogP contribution in [0.15, 0.2) is 66.7 Å². The molecule has 0 aliphatic heterocycles. The lowest BCUT2D eigenvalue weighted by Gasteiger charge is -2.34. The van der Waals surface area contributed by atoms with Crippen LogP contribution >= 0.6 is 34.8 Å². The molecule has 1 N–H and O–H groups in total. The Morgan fingerprint density at radius 1 is 0.925 bits per heavy atom. The molecule has 2 amide bonds. The number of hydrogen-bond donors (Lipinski definition) is 1. The number of hydrogen-bond acceptors (Lipinski definition) is 4. The monoisotopic (exact) mass is 627 g/mol. The Morgan fingerprint density at radius 3 is 2.12 bits per heavy atom. The van der Waals surface area contributed by atoms with Crippen LogP contribution in [0.1, 0.15) is 25.0 Å². The van der Waals surface area contributed by atoms with Crippen LogP contribution in [0.2, 0.25) is 15.1 Å². The zero-order chi connectivity index (χ0) is 29.6. The van der Waals surface area contributed by atoms with Gasteiger partial charge < -0.3 is 10.2 Å². The van der Waals surface area contributed by atoms with E-state index in [1.54, 1.807) is 44.2 Å². The second kappa shape index (κ2) is 13.7. The summed E-state index contributed by atoms with van der Waals surface area (Å²) in [4.78, 5) is 28.7. The second-order valence-electron chi connectivity index (χ2n) is 9.47. The van der Waals surface area contributed by atoms with Crippen LogP contribution in [-0.2, 0) is 32.6 Å². The van der Waals surface area contributed by atoms with Crippen molar-refractivity contribution in [2.45, 2.75) is 38.9 Å². The molecule has 0 bridgehead atoms. The van der Waals surface area contributed by atoms with Gasteiger partial charge in [-0.3, -0.25) is 13.9 Å². The van der Waals surface area contributed by atoms with Crippen LogP contribution in [0.5, 0.6) is 0 Å². The predicted octanol–water partition coefficient (Wildman–Crippen LogP) is 5.72. The molecule has 3 aromatic carbocycles. The highest BCUT2D eigenvalue weighted by atomic mass is 35.5. The largest absolute Gasteiger partial charge is 0.352 e. The van der Waals surface area contributed by atoms with E-state index in [9.17, 15) is 22.4 Å². The minimum absolute atomic E-state index is 0.0312. The summed E-state index contributed by atoms with van der Waals surface area (Å²) in [5.74, 6) is -1.80. The van der Waals surface area contributed by atoms with Gasteiger partial charge in [0.15, 0.2) is 0 Å². The quantitative estimate of drug-likeness (QED) is 0.276. The molecule has 0 saturated heterocycles. The molecule has 0 heterocycles. The molecule has 0 spiro atoms. The van der Waals surface area contributed by atoms with E-state index in [4.69, 9.17) is 34.8 Å². The summed E-state index contributed by atoms with van der Waals surface area (Å²) in [7, 11) is -4.08. The van der Waals surface area contributed by atoms with E-state index in [0.29, 0.717) is 0 Å². The number of benzene rings is 3. The Bertz CT molecular complexity index is 1470. The Hall–Kier alpha value is -2.85. The number of nitrogens with one attached hydrogen (secondary N) is 1. The number of amides is 2. The highest BCUT2D eigenvalue weighted by Crippen LogP contribution is 2.35. The van der Waals surface area contributed by atoms with Crippen molar-refractivity contribution in [3.8, 4) is 0 Å². The Kier molecular flexibility index (Phi) is 10.8. The van der Waals surface area contributed by atoms with Gasteiger partial charge in [0.2, 0.25) is 21.8 Å². The van der Waals surface area contributed by atoms with Gasteiger partial charge in [-0.25, -0.2) is 12.8 Å². The first-order valence-electron chi connectivity index (χ1n) is 12.3. The summed E-state index contributed by atoms with van der Waals surface area (Å²) in [6, 6.07) is 16.1. The molecule has 0 aromatic heterocycles. The van der Waals surface area contributed by atoms with Crippen molar-refractivity contribution in [1.29, 1.82) is 0 Å². The first-order chi connectivity index (χ1) is 18.8. The summed E-state index contributed by atoms with van der Waals surface area (Å²) in [6.07, 6.45) is 1.01. The molecule has 0 aliphatic carbocycles. The topological polar surface area (TPSA) is 86.8 Å². The van der Waals surface area contributed by atoms with Gasteiger partial charge in [-0.15, -0.1) is 0 Å². The van der Waals surface area contributed by atoms with E-state index in [0.717, 1.165) is 16.1 Å². The van der Waals surface area contributed by atoms with E-state index in [-0.39, 0.29) is 45.3 Å². The van der Waals surface area contributed by atoms with Crippen molar-refractivity contribution in [1.82, 2.24) is 10.2 Å².